The van der Waals surface area contributed by atoms with E-state index in [0.29, 0.717) is 5.41 Å². The van der Waals surface area contributed by atoms with Gasteiger partial charge in [0.15, 0.2) is 0 Å². The summed E-state index contributed by atoms with van der Waals surface area (Å²) in [5.74, 6) is 1.50. The lowest BCUT2D eigenvalue weighted by molar-refractivity contribution is 0.428. The zero-order valence-corrected chi connectivity index (χ0v) is 11.1. The van der Waals surface area contributed by atoms with Crippen molar-refractivity contribution in [2.75, 3.05) is 0 Å². The molecule has 0 aliphatic rings. The molecule has 0 aromatic heterocycles. The molecule has 1 radical (unpaired) electrons. The maximum Gasteiger partial charge on any atom is 0.0822 e. The molecule has 1 atom stereocenters. The Morgan fingerprint density at radius 3 is 2.36 bits per heavy atom. The van der Waals surface area contributed by atoms with Gasteiger partial charge in [0.05, 0.1) is 26.2 Å². The number of hydrogen-bond acceptors (Lipinski definition) is 0. The fourth-order valence-corrected chi connectivity index (χ4v) is 1.84. The summed E-state index contributed by atoms with van der Waals surface area (Å²) in [4.78, 5) is 0. The van der Waals surface area contributed by atoms with Crippen molar-refractivity contribution in [1.82, 2.24) is 0 Å². The van der Waals surface area contributed by atoms with E-state index in [2.05, 4.69) is 66.4 Å². The summed E-state index contributed by atoms with van der Waals surface area (Å²) in [7, 11) is 2.66. The maximum absolute atomic E-state index is 2.66. The molecule has 0 rings (SSSR count). The molecule has 0 aliphatic carbocycles. The van der Waals surface area contributed by atoms with Crippen molar-refractivity contribution in [1.29, 1.82) is 0 Å². The lowest BCUT2D eigenvalue weighted by atomic mass is 9.73. The van der Waals surface area contributed by atoms with Crippen LogP contribution < -0.4 is 0 Å². The minimum Gasteiger partial charge on any atom is -0.318 e. The first-order valence-corrected chi connectivity index (χ1v) is 5.51. The highest BCUT2D eigenvalue weighted by atomic mass is 127. The molecule has 0 spiro atoms. The van der Waals surface area contributed by atoms with Gasteiger partial charge >= 0.3 is 0 Å². The molecule has 0 aliphatic heterocycles. The first kappa shape index (κ1) is 12.1. The van der Waals surface area contributed by atoms with Crippen LogP contribution in [-0.4, -0.2) is 7.00 Å². The molecule has 0 nitrogen and oxygen atoms in total. The van der Waals surface area contributed by atoms with Crippen LogP contribution in [0.15, 0.2) is 0 Å². The van der Waals surface area contributed by atoms with E-state index in [9.17, 15) is 0 Å². The second-order valence-electron chi connectivity index (χ2n) is 3.78. The lowest BCUT2D eigenvalue weighted by Gasteiger charge is -2.40. The lowest BCUT2D eigenvalue weighted by Crippen LogP contribution is -2.21. The molecule has 0 amide bonds. The predicted octanol–water partition coefficient (Wildman–Crippen LogP) is 3.68. The van der Waals surface area contributed by atoms with Crippen molar-refractivity contribution in [2.24, 2.45) is 5.41 Å². The minimum absolute atomic E-state index is 0. The van der Waals surface area contributed by atoms with Crippen molar-refractivity contribution in [3.63, 3.8) is 0 Å². The summed E-state index contributed by atoms with van der Waals surface area (Å²) in [6.07, 6.45) is 1.18. The van der Waals surface area contributed by atoms with Gasteiger partial charge in [-0.2, -0.15) is 0 Å². The van der Waals surface area contributed by atoms with Crippen molar-refractivity contribution < 1.29 is 1.43 Å². The minimum atomic E-state index is 0. The maximum atomic E-state index is 2.66. The Balaban J connectivity index is 0. The van der Waals surface area contributed by atoms with Crippen LogP contribution in [0.5, 0.6) is 0 Å². The molecule has 0 saturated carbocycles. The molecule has 0 bridgehead atoms. The molecule has 0 aromatic carbocycles. The van der Waals surface area contributed by atoms with Gasteiger partial charge in [-0.05, 0) is 7.00 Å². The van der Waals surface area contributed by atoms with Gasteiger partial charge in [-0.3, -0.25) is 3.82 Å². The Labute approximate surface area is 89.3 Å². The molecule has 0 fully saturated rings. The van der Waals surface area contributed by atoms with Gasteiger partial charge in [0.25, 0.3) is 0 Å². The van der Waals surface area contributed by atoms with Gasteiger partial charge in [-0.15, -0.1) is 5.41 Å². The van der Waals surface area contributed by atoms with Gasteiger partial charge in [0, 0.05) is 1.43 Å². The molecular weight excluding hydrogens is 265 g/mol. The van der Waals surface area contributed by atoms with Crippen molar-refractivity contribution in [2.45, 2.75) is 34.1 Å². The van der Waals surface area contributed by atoms with Crippen molar-refractivity contribution >= 4 is 38.7 Å². The highest BCUT2D eigenvalue weighted by Gasteiger charge is 2.21. The highest BCUT2D eigenvalue weighted by Crippen LogP contribution is 2.40. The Kier molecular flexibility index (Phi) is 5.46. The second kappa shape index (κ2) is 4.96. The van der Waals surface area contributed by atoms with Gasteiger partial charge < -0.3 is 22.6 Å². The molecule has 65 valence electrons. The molecule has 0 heterocycles. The molecule has 0 N–H and O–H groups in total. The van der Waals surface area contributed by atoms with Crippen LogP contribution in [0.4, 0.5) is 0 Å². The summed E-state index contributed by atoms with van der Waals surface area (Å²) in [5, 5.41) is 0. The van der Waals surface area contributed by atoms with Crippen LogP contribution in [-0.2, 0) is 0 Å². The number of halogens is 1. The van der Waals surface area contributed by atoms with E-state index < -0.39 is 0 Å². The van der Waals surface area contributed by atoms with Gasteiger partial charge in [-0.1, -0.05) is 13.8 Å². The SMILES string of the molecule is C[C+](C)CC(C)(C)[C-](I)[B]P.[HH]. The van der Waals surface area contributed by atoms with Crippen LogP contribution in [0.3, 0.4) is 0 Å². The normalized spacial score (nSPS) is 11.9. The topological polar surface area (TPSA) is 0 Å². The summed E-state index contributed by atoms with van der Waals surface area (Å²) < 4.78 is 1.42. The Bertz CT molecular complexity index is 120. The van der Waals surface area contributed by atoms with E-state index in [1.807, 2.05) is 0 Å². The van der Waals surface area contributed by atoms with Crippen LogP contribution >= 0.6 is 31.7 Å². The number of hydrogen-bond donors (Lipinski definition) is 0. The molecule has 1 unspecified atom stereocenters. The van der Waals surface area contributed by atoms with Crippen LogP contribution in [0, 0.1) is 15.2 Å². The monoisotopic (exact) mass is 283 g/mol. The van der Waals surface area contributed by atoms with Crippen LogP contribution in [0.2, 0.25) is 0 Å². The summed E-state index contributed by atoms with van der Waals surface area (Å²) in [5.41, 5.74) is 0.321. The zero-order chi connectivity index (χ0) is 9.07. The Morgan fingerprint density at radius 1 is 1.64 bits per heavy atom. The average molecular weight is 283 g/mol. The van der Waals surface area contributed by atoms with E-state index in [1.54, 1.807) is 0 Å². The van der Waals surface area contributed by atoms with Crippen molar-refractivity contribution in [3.05, 3.63) is 9.74 Å². The summed E-state index contributed by atoms with van der Waals surface area (Å²) >= 11 is 2.41. The second-order valence-corrected chi connectivity index (χ2v) is 5.28. The van der Waals surface area contributed by atoms with Gasteiger partial charge in [-0.25, -0.2) is 9.12 Å². The fourth-order valence-electron chi connectivity index (χ4n) is 1.19. The van der Waals surface area contributed by atoms with Crippen LogP contribution in [0.1, 0.15) is 35.5 Å². The van der Waals surface area contributed by atoms with E-state index in [-0.39, 0.29) is 1.43 Å². The first-order chi connectivity index (χ1) is 4.90. The zero-order valence-electron chi connectivity index (χ0n) is 7.74. The van der Waals surface area contributed by atoms with Gasteiger partial charge in [0.1, 0.15) is 0 Å². The average Bonchev–Trinajstić information content (AvgIpc) is 1.83. The first-order valence-electron chi connectivity index (χ1n) is 3.77. The Hall–Kier alpha value is 1.09. The van der Waals surface area contributed by atoms with Crippen LogP contribution in [0.25, 0.3) is 0 Å². The van der Waals surface area contributed by atoms with E-state index in [1.165, 1.54) is 16.2 Å². The van der Waals surface area contributed by atoms with E-state index in [0.717, 1.165) is 0 Å². The van der Waals surface area contributed by atoms with Crippen molar-refractivity contribution in [3.8, 4) is 0 Å². The third-order valence-corrected chi connectivity index (χ3v) is 4.42. The fraction of sp³-hybridized carbons (Fsp3) is 0.750. The van der Waals surface area contributed by atoms with E-state index >= 15 is 0 Å². The molecule has 0 aromatic rings. The quantitative estimate of drug-likeness (QED) is 0.319. The largest absolute Gasteiger partial charge is 0.318 e. The molecule has 3 heteroatoms. The molecular formula is C8H18BIP. The molecule has 11 heavy (non-hydrogen) atoms. The molecule has 0 saturated heterocycles. The van der Waals surface area contributed by atoms with E-state index in [4.69, 9.17) is 0 Å². The predicted molar refractivity (Wildman–Crippen MR) is 67.8 cm³/mol. The summed E-state index contributed by atoms with van der Waals surface area (Å²) in [6, 6.07) is 0. The smallest absolute Gasteiger partial charge is 0.0822 e. The highest BCUT2D eigenvalue weighted by molar-refractivity contribution is 14.1. The third kappa shape index (κ3) is 4.62. The summed E-state index contributed by atoms with van der Waals surface area (Å²) in [6.45, 7) is 11.1. The Morgan fingerprint density at radius 2 is 2.09 bits per heavy atom. The third-order valence-electron chi connectivity index (χ3n) is 1.59. The number of rotatable bonds is 4. The van der Waals surface area contributed by atoms with Gasteiger partial charge in [0.2, 0.25) is 0 Å². The standard InChI is InChI=1S/C8H16BIP.H2/c1-6(2)5-8(3,4)7(10)9-11;/h5,11H2,1-4H3;1H.